The fourth-order valence-corrected chi connectivity index (χ4v) is 2.24. The number of nitrogens with one attached hydrogen (secondary N) is 1. The van der Waals surface area contributed by atoms with Crippen LogP contribution in [0.1, 0.15) is 26.3 Å². The third-order valence-electron chi connectivity index (χ3n) is 2.90. The number of carboxylic acid groups (broad SMARTS) is 1. The highest BCUT2D eigenvalue weighted by molar-refractivity contribution is 7.62. The highest BCUT2D eigenvalue weighted by Crippen LogP contribution is 2.43. The van der Waals surface area contributed by atoms with E-state index in [1.807, 2.05) is 20.8 Å². The number of anilines is 1. The maximum Gasteiger partial charge on any atom is 0.409 e. The number of hydrogen-bond donors (Lipinski definition) is 2. The van der Waals surface area contributed by atoms with Crippen LogP contribution in [0.2, 0.25) is 0 Å². The Hall–Kier alpha value is -1.68. The fourth-order valence-electron chi connectivity index (χ4n) is 1.79. The summed E-state index contributed by atoms with van der Waals surface area (Å²) >= 11 is 0. The number of benzene rings is 1. The first-order valence-corrected chi connectivity index (χ1v) is 9.62. The fraction of sp³-hybridized carbons (Fsp3) is 0.533. The molecule has 0 saturated heterocycles. The van der Waals surface area contributed by atoms with Gasteiger partial charge in [-0.25, -0.2) is 4.79 Å². The number of hydrogen-bond acceptors (Lipinski definition) is 4. The van der Waals surface area contributed by atoms with Gasteiger partial charge in [0.15, 0.2) is 11.5 Å². The molecular formula is C15H24NO5P. The van der Waals surface area contributed by atoms with E-state index in [0.717, 1.165) is 5.56 Å². The van der Waals surface area contributed by atoms with Gasteiger partial charge in [-0.3, -0.25) is 5.32 Å². The van der Waals surface area contributed by atoms with Crippen LogP contribution in [-0.2, 0) is 9.98 Å². The van der Waals surface area contributed by atoms with Crippen LogP contribution >= 0.6 is 7.14 Å². The molecule has 0 aromatic heterocycles. The number of carbonyl (C=O) groups is 1. The SMILES string of the molecule is COc1c(NC(=O)O)cc(C(C)(C)C)cc1OCP(C)(C)=O. The van der Waals surface area contributed by atoms with Crippen LogP contribution in [0.3, 0.4) is 0 Å². The van der Waals surface area contributed by atoms with Crippen LogP contribution in [0.15, 0.2) is 12.1 Å². The topological polar surface area (TPSA) is 84.9 Å². The van der Waals surface area contributed by atoms with Crippen LogP contribution in [0.25, 0.3) is 0 Å². The van der Waals surface area contributed by atoms with E-state index in [2.05, 4.69) is 5.32 Å². The van der Waals surface area contributed by atoms with E-state index in [4.69, 9.17) is 14.6 Å². The van der Waals surface area contributed by atoms with E-state index >= 15 is 0 Å². The molecule has 1 aromatic rings. The predicted molar refractivity (Wildman–Crippen MR) is 88.3 cm³/mol. The highest BCUT2D eigenvalue weighted by Gasteiger charge is 2.22. The Morgan fingerprint density at radius 2 is 1.91 bits per heavy atom. The van der Waals surface area contributed by atoms with Crippen LogP contribution in [0, 0.1) is 0 Å². The van der Waals surface area contributed by atoms with Crippen LogP contribution < -0.4 is 14.8 Å². The molecule has 1 amide bonds. The number of ether oxygens (including phenoxy) is 2. The van der Waals surface area contributed by atoms with Gasteiger partial charge in [0, 0.05) is 0 Å². The molecule has 7 heteroatoms. The molecule has 0 bridgehead atoms. The molecule has 0 aliphatic rings. The maximum absolute atomic E-state index is 11.9. The summed E-state index contributed by atoms with van der Waals surface area (Å²) in [5.41, 5.74) is 0.982. The Morgan fingerprint density at radius 3 is 2.32 bits per heavy atom. The lowest BCUT2D eigenvalue weighted by molar-refractivity contribution is 0.209. The second-order valence-electron chi connectivity index (χ2n) is 6.58. The van der Waals surface area contributed by atoms with Gasteiger partial charge in [-0.05, 0) is 36.4 Å². The number of amides is 1. The second kappa shape index (κ2) is 6.61. The summed E-state index contributed by atoms with van der Waals surface area (Å²) in [5.74, 6) is 0.659. The van der Waals surface area contributed by atoms with Crippen molar-refractivity contribution >= 4 is 18.9 Å². The molecule has 0 unspecified atom stereocenters. The minimum Gasteiger partial charge on any atom is -0.491 e. The lowest BCUT2D eigenvalue weighted by atomic mass is 9.86. The van der Waals surface area contributed by atoms with E-state index in [-0.39, 0.29) is 17.5 Å². The van der Waals surface area contributed by atoms with E-state index in [0.29, 0.717) is 11.4 Å². The molecular weight excluding hydrogens is 305 g/mol. The summed E-state index contributed by atoms with van der Waals surface area (Å²) < 4.78 is 22.8. The zero-order valence-electron chi connectivity index (χ0n) is 13.9. The summed E-state index contributed by atoms with van der Waals surface area (Å²) in [6.45, 7) is 9.28. The molecule has 1 rings (SSSR count). The first-order valence-electron chi connectivity index (χ1n) is 6.83. The average Bonchev–Trinajstić information content (AvgIpc) is 2.33. The maximum atomic E-state index is 11.9. The number of methoxy groups -OCH3 is 1. The van der Waals surface area contributed by atoms with Crippen LogP contribution in [0.5, 0.6) is 11.5 Å². The van der Waals surface area contributed by atoms with Crippen molar-refractivity contribution < 1.29 is 23.9 Å². The van der Waals surface area contributed by atoms with Gasteiger partial charge >= 0.3 is 6.09 Å². The minimum absolute atomic E-state index is 0.0590. The molecule has 2 N–H and O–H groups in total. The first kappa shape index (κ1) is 18.4. The molecule has 0 atom stereocenters. The van der Waals surface area contributed by atoms with Crippen molar-refractivity contribution in [1.82, 2.24) is 0 Å². The normalized spacial score (nSPS) is 11.9. The van der Waals surface area contributed by atoms with Crippen molar-refractivity contribution in [2.24, 2.45) is 0 Å². The summed E-state index contributed by atoms with van der Waals surface area (Å²) in [7, 11) is -0.940. The summed E-state index contributed by atoms with van der Waals surface area (Å²) in [5, 5.41) is 11.3. The third-order valence-corrected chi connectivity index (χ3v) is 3.65. The van der Waals surface area contributed by atoms with Crippen molar-refractivity contribution in [3.63, 3.8) is 0 Å². The van der Waals surface area contributed by atoms with Gasteiger partial charge in [0.25, 0.3) is 0 Å². The van der Waals surface area contributed by atoms with Crippen LogP contribution in [0.4, 0.5) is 10.5 Å². The molecule has 0 fully saturated rings. The molecule has 0 aliphatic carbocycles. The summed E-state index contributed by atoms with van der Waals surface area (Å²) in [4.78, 5) is 11.0. The largest absolute Gasteiger partial charge is 0.491 e. The van der Waals surface area contributed by atoms with Gasteiger partial charge in [0.1, 0.15) is 13.5 Å². The van der Waals surface area contributed by atoms with Crippen molar-refractivity contribution in [1.29, 1.82) is 0 Å². The molecule has 124 valence electrons. The quantitative estimate of drug-likeness (QED) is 0.796. The molecule has 0 radical (unpaired) electrons. The van der Waals surface area contributed by atoms with Gasteiger partial charge in [0.05, 0.1) is 12.8 Å². The van der Waals surface area contributed by atoms with Gasteiger partial charge in [-0.2, -0.15) is 0 Å². The van der Waals surface area contributed by atoms with E-state index in [1.54, 1.807) is 25.5 Å². The molecule has 1 aromatic carbocycles. The zero-order chi connectivity index (χ0) is 17.1. The van der Waals surface area contributed by atoms with E-state index in [1.165, 1.54) is 7.11 Å². The summed E-state index contributed by atoms with van der Waals surface area (Å²) in [6, 6.07) is 3.51. The monoisotopic (exact) mass is 329 g/mol. The Morgan fingerprint density at radius 1 is 1.32 bits per heavy atom. The summed E-state index contributed by atoms with van der Waals surface area (Å²) in [6.07, 6.45) is -1.13. The van der Waals surface area contributed by atoms with Gasteiger partial charge < -0.3 is 19.1 Å². The van der Waals surface area contributed by atoms with Gasteiger partial charge in [0.2, 0.25) is 0 Å². The average molecular weight is 329 g/mol. The molecule has 0 aliphatic heterocycles. The van der Waals surface area contributed by atoms with Crippen molar-refractivity contribution in [2.75, 3.05) is 32.1 Å². The lowest BCUT2D eigenvalue weighted by Gasteiger charge is -2.23. The van der Waals surface area contributed by atoms with Crippen molar-refractivity contribution in [3.8, 4) is 11.5 Å². The Balaban J connectivity index is 3.37. The molecule has 22 heavy (non-hydrogen) atoms. The van der Waals surface area contributed by atoms with Gasteiger partial charge in [-0.15, -0.1) is 0 Å². The Kier molecular flexibility index (Phi) is 5.52. The second-order valence-corrected chi connectivity index (χ2v) is 9.99. The predicted octanol–water partition coefficient (Wildman–Crippen LogP) is 4.04. The van der Waals surface area contributed by atoms with Crippen molar-refractivity contribution in [2.45, 2.75) is 26.2 Å². The highest BCUT2D eigenvalue weighted by atomic mass is 31.2. The number of rotatable bonds is 5. The van der Waals surface area contributed by atoms with E-state index in [9.17, 15) is 9.36 Å². The third kappa shape index (κ3) is 5.26. The zero-order valence-corrected chi connectivity index (χ0v) is 14.8. The van der Waals surface area contributed by atoms with E-state index < -0.39 is 13.2 Å². The molecule has 0 saturated carbocycles. The van der Waals surface area contributed by atoms with Gasteiger partial charge in [-0.1, -0.05) is 20.8 Å². The standard InChI is InChI=1S/C15H24NO5P/c1-15(2,3)10-7-11(16-14(17)18)13(20-4)12(8-10)21-9-22(5,6)19/h7-8,16H,9H2,1-6H3,(H,17,18). The first-order chi connectivity index (χ1) is 9.94. The molecule has 0 spiro atoms. The Labute approximate surface area is 131 Å². The smallest absolute Gasteiger partial charge is 0.409 e. The Bertz CT molecular complexity index is 601. The molecule has 0 heterocycles. The van der Waals surface area contributed by atoms with Crippen LogP contribution in [-0.4, -0.2) is 38.0 Å². The molecule has 6 nitrogen and oxygen atoms in total. The minimum atomic E-state index is -2.37. The van der Waals surface area contributed by atoms with Crippen molar-refractivity contribution in [3.05, 3.63) is 17.7 Å². The lowest BCUT2D eigenvalue weighted by Crippen LogP contribution is -2.15.